The third-order valence-electron chi connectivity index (χ3n) is 1.37. The highest BCUT2D eigenvalue weighted by atomic mass is 79.9. The van der Waals surface area contributed by atoms with E-state index in [1.54, 1.807) is 23.7 Å². The lowest BCUT2D eigenvalue weighted by atomic mass is 10.5. The molecule has 0 aliphatic carbocycles. The second-order valence-corrected chi connectivity index (χ2v) is 5.79. The molecule has 0 saturated carbocycles. The Morgan fingerprint density at radius 1 is 1.43 bits per heavy atom. The van der Waals surface area contributed by atoms with Gasteiger partial charge in [0.15, 0.2) is 4.34 Å². The fraction of sp³-hybridized carbons (Fsp3) is 0. The van der Waals surface area contributed by atoms with Gasteiger partial charge < -0.3 is 0 Å². The average molecular weight is 308 g/mol. The molecule has 0 fully saturated rings. The van der Waals surface area contributed by atoms with Gasteiger partial charge >= 0.3 is 0 Å². The summed E-state index contributed by atoms with van der Waals surface area (Å²) in [6, 6.07) is 1.82. The Bertz CT molecular complexity index is 433. The monoisotopic (exact) mass is 306 g/mol. The Hall–Kier alpha value is -0.100. The Labute approximate surface area is 103 Å². The Kier molecular flexibility index (Phi) is 3.43. The number of nitrogens with zero attached hydrogens (tertiary/aromatic N) is 2. The van der Waals surface area contributed by atoms with Gasteiger partial charge in [-0.2, -0.15) is 0 Å². The van der Waals surface area contributed by atoms with Crippen LogP contribution in [0.15, 0.2) is 37.7 Å². The van der Waals surface area contributed by atoms with E-state index in [1.165, 1.54) is 11.8 Å². The molecule has 0 N–H and O–H groups in total. The molecule has 14 heavy (non-hydrogen) atoms. The molecular formula is C8H4BrClN2S2. The minimum Gasteiger partial charge on any atom is -0.247 e. The molecule has 2 rings (SSSR count). The first kappa shape index (κ1) is 10.4. The summed E-state index contributed by atoms with van der Waals surface area (Å²) >= 11 is 12.4. The molecule has 0 aliphatic rings. The lowest BCUT2D eigenvalue weighted by Gasteiger charge is -1.99. The fourth-order valence-corrected chi connectivity index (χ4v) is 3.06. The normalized spacial score (nSPS) is 10.4. The van der Waals surface area contributed by atoms with Crippen LogP contribution in [0, 0.1) is 0 Å². The van der Waals surface area contributed by atoms with E-state index in [0.717, 1.165) is 13.8 Å². The van der Waals surface area contributed by atoms with Crippen LogP contribution in [0.5, 0.6) is 0 Å². The van der Waals surface area contributed by atoms with Crippen molar-refractivity contribution in [2.24, 2.45) is 0 Å². The van der Waals surface area contributed by atoms with Crippen LogP contribution in [0.4, 0.5) is 0 Å². The van der Waals surface area contributed by atoms with E-state index in [4.69, 9.17) is 11.6 Å². The maximum absolute atomic E-state index is 6.01. The Morgan fingerprint density at radius 2 is 2.29 bits per heavy atom. The summed E-state index contributed by atoms with van der Waals surface area (Å²) in [5.41, 5.74) is 0. The lowest BCUT2D eigenvalue weighted by Crippen LogP contribution is -1.81. The first-order valence-corrected chi connectivity index (χ1v) is 6.51. The topological polar surface area (TPSA) is 25.8 Å². The van der Waals surface area contributed by atoms with Crippen molar-refractivity contribution < 1.29 is 0 Å². The highest BCUT2D eigenvalue weighted by molar-refractivity contribution is 9.10. The molecule has 0 aliphatic heterocycles. The van der Waals surface area contributed by atoms with E-state index in [0.29, 0.717) is 5.02 Å². The molecule has 0 saturated heterocycles. The second kappa shape index (κ2) is 4.61. The lowest BCUT2D eigenvalue weighted by molar-refractivity contribution is 1.12. The summed E-state index contributed by atoms with van der Waals surface area (Å²) in [5.74, 6) is 0. The zero-order chi connectivity index (χ0) is 9.97. The van der Waals surface area contributed by atoms with Crippen LogP contribution in [-0.2, 0) is 0 Å². The molecule has 72 valence electrons. The van der Waals surface area contributed by atoms with Crippen LogP contribution < -0.4 is 0 Å². The second-order valence-electron chi connectivity index (χ2n) is 2.34. The molecule has 0 aromatic carbocycles. The highest BCUT2D eigenvalue weighted by Gasteiger charge is 2.06. The minimum absolute atomic E-state index is 0.638. The molecule has 2 heterocycles. The van der Waals surface area contributed by atoms with Crippen molar-refractivity contribution in [1.29, 1.82) is 0 Å². The van der Waals surface area contributed by atoms with Gasteiger partial charge in [-0.3, -0.25) is 0 Å². The van der Waals surface area contributed by atoms with Gasteiger partial charge in [0.1, 0.15) is 5.03 Å². The number of halogens is 2. The fourth-order valence-electron chi connectivity index (χ4n) is 0.821. The standard InChI is InChI=1S/C8H4BrClN2S2/c9-5-3-6(10)7(12-4-5)14-8-11-1-2-13-8/h1-4H. The maximum atomic E-state index is 6.01. The van der Waals surface area contributed by atoms with Gasteiger partial charge in [0, 0.05) is 22.2 Å². The van der Waals surface area contributed by atoms with Gasteiger partial charge in [0.2, 0.25) is 0 Å². The summed E-state index contributed by atoms with van der Waals surface area (Å²) in [7, 11) is 0. The number of rotatable bonds is 2. The van der Waals surface area contributed by atoms with Gasteiger partial charge in [-0.15, -0.1) is 11.3 Å². The van der Waals surface area contributed by atoms with Crippen molar-refractivity contribution in [1.82, 2.24) is 9.97 Å². The molecule has 2 aromatic heterocycles. The molecule has 0 radical (unpaired) electrons. The summed E-state index contributed by atoms with van der Waals surface area (Å²) < 4.78 is 1.83. The van der Waals surface area contributed by atoms with E-state index in [2.05, 4.69) is 25.9 Å². The first-order chi connectivity index (χ1) is 6.75. The molecule has 0 atom stereocenters. The van der Waals surface area contributed by atoms with Crippen LogP contribution >= 0.6 is 50.6 Å². The summed E-state index contributed by atoms with van der Waals surface area (Å²) in [6.45, 7) is 0. The van der Waals surface area contributed by atoms with Gasteiger partial charge in [0.05, 0.1) is 5.02 Å². The maximum Gasteiger partial charge on any atom is 0.156 e. The number of pyridine rings is 1. The van der Waals surface area contributed by atoms with Crippen molar-refractivity contribution in [3.63, 3.8) is 0 Å². The van der Waals surface area contributed by atoms with Crippen molar-refractivity contribution in [2.75, 3.05) is 0 Å². The largest absolute Gasteiger partial charge is 0.247 e. The smallest absolute Gasteiger partial charge is 0.156 e. The number of hydrogen-bond acceptors (Lipinski definition) is 4. The minimum atomic E-state index is 0.638. The molecular weight excluding hydrogens is 304 g/mol. The van der Waals surface area contributed by atoms with Gasteiger partial charge in [-0.1, -0.05) is 11.6 Å². The molecule has 6 heteroatoms. The quantitative estimate of drug-likeness (QED) is 0.835. The third-order valence-corrected chi connectivity index (χ3v) is 4.10. The van der Waals surface area contributed by atoms with E-state index >= 15 is 0 Å². The molecule has 0 amide bonds. The predicted octanol–water partition coefficient (Wildman–Crippen LogP) is 4.11. The van der Waals surface area contributed by atoms with Gasteiger partial charge in [-0.25, -0.2) is 9.97 Å². The molecule has 2 nitrogen and oxygen atoms in total. The van der Waals surface area contributed by atoms with Crippen molar-refractivity contribution in [3.05, 3.63) is 33.3 Å². The van der Waals surface area contributed by atoms with Crippen LogP contribution in [0.1, 0.15) is 0 Å². The van der Waals surface area contributed by atoms with Crippen LogP contribution in [-0.4, -0.2) is 9.97 Å². The first-order valence-electron chi connectivity index (χ1n) is 3.64. The number of hydrogen-bond donors (Lipinski definition) is 0. The summed E-state index contributed by atoms with van der Waals surface area (Å²) in [6.07, 6.45) is 3.49. The van der Waals surface area contributed by atoms with Crippen molar-refractivity contribution >= 4 is 50.6 Å². The predicted molar refractivity (Wildman–Crippen MR) is 63.2 cm³/mol. The van der Waals surface area contributed by atoms with Crippen LogP contribution in [0.3, 0.4) is 0 Å². The van der Waals surface area contributed by atoms with E-state index in [9.17, 15) is 0 Å². The molecule has 0 bridgehead atoms. The zero-order valence-electron chi connectivity index (χ0n) is 6.78. The molecule has 0 spiro atoms. The summed E-state index contributed by atoms with van der Waals surface area (Å²) in [4.78, 5) is 8.35. The number of thiazole rings is 1. The average Bonchev–Trinajstić information content (AvgIpc) is 2.62. The van der Waals surface area contributed by atoms with E-state index in [-0.39, 0.29) is 0 Å². The third kappa shape index (κ3) is 2.48. The highest BCUT2D eigenvalue weighted by Crippen LogP contribution is 2.33. The Morgan fingerprint density at radius 3 is 2.93 bits per heavy atom. The SMILES string of the molecule is Clc1cc(Br)cnc1Sc1nccs1. The molecule has 0 unspecified atom stereocenters. The van der Waals surface area contributed by atoms with E-state index in [1.807, 2.05) is 11.4 Å². The Balaban J connectivity index is 2.25. The molecule has 2 aromatic rings. The van der Waals surface area contributed by atoms with Gasteiger partial charge in [0.25, 0.3) is 0 Å². The van der Waals surface area contributed by atoms with Crippen molar-refractivity contribution in [2.45, 2.75) is 9.37 Å². The van der Waals surface area contributed by atoms with Gasteiger partial charge in [-0.05, 0) is 33.8 Å². The van der Waals surface area contributed by atoms with Crippen LogP contribution in [0.25, 0.3) is 0 Å². The van der Waals surface area contributed by atoms with Crippen molar-refractivity contribution in [3.8, 4) is 0 Å². The number of aromatic nitrogens is 2. The summed E-state index contributed by atoms with van der Waals surface area (Å²) in [5, 5.41) is 3.35. The van der Waals surface area contributed by atoms with Crippen LogP contribution in [0.2, 0.25) is 5.02 Å². The zero-order valence-corrected chi connectivity index (χ0v) is 10.8. The van der Waals surface area contributed by atoms with E-state index < -0.39 is 0 Å².